The lowest BCUT2D eigenvalue weighted by molar-refractivity contribution is -0.122. The van der Waals surface area contributed by atoms with Crippen LogP contribution in [0.25, 0.3) is 11.8 Å². The summed E-state index contributed by atoms with van der Waals surface area (Å²) >= 11 is 2.28. The number of carbonyl (C=O) groups excluding carboxylic acids is 2. The van der Waals surface area contributed by atoms with Gasteiger partial charge in [0.25, 0.3) is 5.91 Å². The normalized spacial score (nSPS) is 16.2. The fourth-order valence-corrected chi connectivity index (χ4v) is 3.30. The maximum Gasteiger partial charge on any atom is 0.328 e. The SMILES string of the molecule is CCN1C(=O)N/C(=C\c2cc(C)n(-c3ccc(I)cc3)c2C)C1=O. The van der Waals surface area contributed by atoms with Crippen molar-refractivity contribution >= 4 is 40.6 Å². The van der Waals surface area contributed by atoms with Crippen LogP contribution in [-0.2, 0) is 4.79 Å². The molecule has 0 bridgehead atoms. The number of amides is 3. The highest BCUT2D eigenvalue weighted by atomic mass is 127. The van der Waals surface area contributed by atoms with Gasteiger partial charge in [0.15, 0.2) is 0 Å². The molecule has 0 aliphatic carbocycles. The smallest absolute Gasteiger partial charge is 0.318 e. The van der Waals surface area contributed by atoms with Gasteiger partial charge in [0.05, 0.1) is 0 Å². The molecule has 3 rings (SSSR count). The first kappa shape index (κ1) is 16.8. The van der Waals surface area contributed by atoms with Gasteiger partial charge in [-0.05, 0) is 85.3 Å². The number of rotatable bonds is 3. The number of aromatic nitrogens is 1. The zero-order valence-corrected chi connectivity index (χ0v) is 15.9. The predicted molar refractivity (Wildman–Crippen MR) is 102 cm³/mol. The van der Waals surface area contributed by atoms with Crippen LogP contribution in [0.1, 0.15) is 23.9 Å². The van der Waals surface area contributed by atoms with E-state index in [1.54, 1.807) is 13.0 Å². The highest BCUT2D eigenvalue weighted by Gasteiger charge is 2.32. The van der Waals surface area contributed by atoms with Crippen molar-refractivity contribution in [3.05, 3.63) is 56.6 Å². The van der Waals surface area contributed by atoms with E-state index in [2.05, 4.69) is 56.7 Å². The minimum Gasteiger partial charge on any atom is -0.318 e. The Balaban J connectivity index is 2.01. The van der Waals surface area contributed by atoms with E-state index in [1.165, 1.54) is 8.47 Å². The summed E-state index contributed by atoms with van der Waals surface area (Å²) in [4.78, 5) is 25.2. The third kappa shape index (κ3) is 2.86. The van der Waals surface area contributed by atoms with Gasteiger partial charge in [-0.2, -0.15) is 0 Å². The van der Waals surface area contributed by atoms with Gasteiger partial charge < -0.3 is 9.88 Å². The summed E-state index contributed by atoms with van der Waals surface area (Å²) in [5, 5.41) is 2.64. The molecule has 1 aromatic carbocycles. The number of imide groups is 1. The van der Waals surface area contributed by atoms with E-state index < -0.39 is 0 Å². The number of nitrogens with zero attached hydrogens (tertiary/aromatic N) is 2. The van der Waals surface area contributed by atoms with E-state index in [0.717, 1.165) is 22.6 Å². The molecule has 1 aliphatic heterocycles. The van der Waals surface area contributed by atoms with Gasteiger partial charge in [0, 0.05) is 27.2 Å². The lowest BCUT2D eigenvalue weighted by Gasteiger charge is -2.09. The molecular formula is C18H18IN3O2. The number of benzene rings is 1. The number of aryl methyl sites for hydroxylation is 1. The van der Waals surface area contributed by atoms with Gasteiger partial charge >= 0.3 is 6.03 Å². The summed E-state index contributed by atoms with van der Waals surface area (Å²) in [6.07, 6.45) is 1.75. The molecule has 0 saturated carbocycles. The lowest BCUT2D eigenvalue weighted by atomic mass is 10.2. The second-order valence-electron chi connectivity index (χ2n) is 5.68. The topological polar surface area (TPSA) is 54.3 Å². The molecule has 1 N–H and O–H groups in total. The van der Waals surface area contributed by atoms with Crippen molar-refractivity contribution in [1.82, 2.24) is 14.8 Å². The lowest BCUT2D eigenvalue weighted by Crippen LogP contribution is -2.30. The van der Waals surface area contributed by atoms with Crippen LogP contribution in [-0.4, -0.2) is 28.0 Å². The molecule has 124 valence electrons. The minimum atomic E-state index is -0.361. The van der Waals surface area contributed by atoms with Gasteiger partial charge in [-0.25, -0.2) is 4.79 Å². The first-order chi connectivity index (χ1) is 11.4. The van der Waals surface area contributed by atoms with E-state index in [0.29, 0.717) is 12.2 Å². The molecule has 5 nitrogen and oxygen atoms in total. The van der Waals surface area contributed by atoms with Gasteiger partial charge in [0.1, 0.15) is 5.70 Å². The standard InChI is InChI=1S/C18H18IN3O2/c1-4-21-17(23)16(20-18(21)24)10-13-9-11(2)22(12(13)3)15-7-5-14(19)6-8-15/h5-10H,4H2,1-3H3,(H,20,24)/b16-10-. The van der Waals surface area contributed by atoms with Crippen LogP contribution in [0.3, 0.4) is 0 Å². The van der Waals surface area contributed by atoms with Crippen molar-refractivity contribution in [2.45, 2.75) is 20.8 Å². The number of hydrogen-bond donors (Lipinski definition) is 1. The molecule has 6 heteroatoms. The predicted octanol–water partition coefficient (Wildman–Crippen LogP) is 3.61. The molecule has 0 atom stereocenters. The fourth-order valence-electron chi connectivity index (χ4n) is 2.94. The Morgan fingerprint density at radius 1 is 1.17 bits per heavy atom. The second-order valence-corrected chi connectivity index (χ2v) is 6.92. The van der Waals surface area contributed by atoms with Crippen molar-refractivity contribution in [2.24, 2.45) is 0 Å². The first-order valence-corrected chi connectivity index (χ1v) is 8.79. The number of likely N-dealkylation sites (N-methyl/N-ethyl adjacent to an activating group) is 1. The van der Waals surface area contributed by atoms with Crippen LogP contribution in [0.15, 0.2) is 36.0 Å². The van der Waals surface area contributed by atoms with Crippen molar-refractivity contribution < 1.29 is 9.59 Å². The zero-order chi connectivity index (χ0) is 17.4. The maximum atomic E-state index is 12.2. The number of urea groups is 1. The summed E-state index contributed by atoms with van der Waals surface area (Å²) in [5.74, 6) is -0.276. The number of halogens is 1. The molecule has 2 aromatic rings. The van der Waals surface area contributed by atoms with Gasteiger partial charge in [0.2, 0.25) is 0 Å². The average Bonchev–Trinajstić information content (AvgIpc) is 2.97. The van der Waals surface area contributed by atoms with Crippen molar-refractivity contribution in [3.63, 3.8) is 0 Å². The monoisotopic (exact) mass is 435 g/mol. The Kier molecular flexibility index (Phi) is 4.49. The van der Waals surface area contributed by atoms with Crippen LogP contribution in [0.5, 0.6) is 0 Å². The molecule has 0 radical (unpaired) electrons. The highest BCUT2D eigenvalue weighted by molar-refractivity contribution is 14.1. The van der Waals surface area contributed by atoms with E-state index in [-0.39, 0.29) is 11.9 Å². The maximum absolute atomic E-state index is 12.2. The van der Waals surface area contributed by atoms with Crippen LogP contribution in [0.4, 0.5) is 4.79 Å². The number of nitrogens with one attached hydrogen (secondary N) is 1. The molecule has 0 unspecified atom stereocenters. The Bertz CT molecular complexity index is 850. The van der Waals surface area contributed by atoms with E-state index >= 15 is 0 Å². The number of hydrogen-bond acceptors (Lipinski definition) is 2. The van der Waals surface area contributed by atoms with E-state index in [9.17, 15) is 9.59 Å². The Hall–Kier alpha value is -2.09. The van der Waals surface area contributed by atoms with Gasteiger partial charge in [-0.3, -0.25) is 9.69 Å². The minimum absolute atomic E-state index is 0.276. The molecule has 1 saturated heterocycles. The molecule has 24 heavy (non-hydrogen) atoms. The Morgan fingerprint density at radius 2 is 1.83 bits per heavy atom. The molecule has 1 fully saturated rings. The quantitative estimate of drug-likeness (QED) is 0.455. The van der Waals surface area contributed by atoms with Crippen molar-refractivity contribution in [1.29, 1.82) is 0 Å². The first-order valence-electron chi connectivity index (χ1n) is 7.71. The van der Waals surface area contributed by atoms with Crippen LogP contribution >= 0.6 is 22.6 Å². The fraction of sp³-hybridized carbons (Fsp3) is 0.222. The molecule has 3 amide bonds. The second kappa shape index (κ2) is 6.43. The van der Waals surface area contributed by atoms with Crippen LogP contribution in [0, 0.1) is 17.4 Å². The van der Waals surface area contributed by atoms with Gasteiger partial charge in [-0.15, -0.1) is 0 Å². The van der Waals surface area contributed by atoms with Crippen molar-refractivity contribution in [2.75, 3.05) is 6.54 Å². The Labute approximate surface area is 154 Å². The Morgan fingerprint density at radius 3 is 2.42 bits per heavy atom. The number of carbonyl (C=O) groups is 2. The summed E-state index contributed by atoms with van der Waals surface area (Å²) in [6, 6.07) is 9.92. The van der Waals surface area contributed by atoms with Gasteiger partial charge in [-0.1, -0.05) is 0 Å². The largest absolute Gasteiger partial charge is 0.328 e. The highest BCUT2D eigenvalue weighted by Crippen LogP contribution is 2.24. The van der Waals surface area contributed by atoms with Crippen LogP contribution in [0.2, 0.25) is 0 Å². The van der Waals surface area contributed by atoms with E-state index in [4.69, 9.17) is 0 Å². The third-order valence-electron chi connectivity index (χ3n) is 4.13. The summed E-state index contributed by atoms with van der Waals surface area (Å²) in [7, 11) is 0. The van der Waals surface area contributed by atoms with Crippen molar-refractivity contribution in [3.8, 4) is 5.69 Å². The molecule has 0 spiro atoms. The molecule has 1 aromatic heterocycles. The molecule has 1 aliphatic rings. The zero-order valence-electron chi connectivity index (χ0n) is 13.8. The molecule has 2 heterocycles. The average molecular weight is 435 g/mol. The summed E-state index contributed by atoms with van der Waals surface area (Å²) in [5.41, 5.74) is 4.42. The van der Waals surface area contributed by atoms with Crippen LogP contribution < -0.4 is 5.32 Å². The molecular weight excluding hydrogens is 417 g/mol. The van der Waals surface area contributed by atoms with E-state index in [1.807, 2.05) is 19.9 Å². The summed E-state index contributed by atoms with van der Waals surface area (Å²) < 4.78 is 3.32. The summed E-state index contributed by atoms with van der Waals surface area (Å²) in [6.45, 7) is 6.18. The third-order valence-corrected chi connectivity index (χ3v) is 4.85.